The lowest BCUT2D eigenvalue weighted by Gasteiger charge is -2.11. The molecule has 0 aliphatic heterocycles. The van der Waals surface area contributed by atoms with Crippen LogP contribution in [0.25, 0.3) is 22.4 Å². The van der Waals surface area contributed by atoms with Crippen molar-refractivity contribution in [1.82, 2.24) is 24.3 Å². The number of benzene rings is 1. The lowest BCUT2D eigenvalue weighted by atomic mass is 10.2. The first kappa shape index (κ1) is 19.8. The fraction of sp³-hybridized carbons (Fsp3) is 0.167. The number of fused-ring (bicyclic) bond motifs is 1. The molecule has 1 aromatic carbocycles. The highest BCUT2D eigenvalue weighted by atomic mass is 35.5. The normalized spacial score (nSPS) is 11.9. The van der Waals surface area contributed by atoms with Crippen LogP contribution in [0.5, 0.6) is 0 Å². The molecular weight excluding hydrogens is 427 g/mol. The Balaban J connectivity index is 1.77. The molecule has 0 unspecified atom stereocenters. The molecule has 0 saturated heterocycles. The van der Waals surface area contributed by atoms with E-state index < -0.39 is 23.1 Å². The van der Waals surface area contributed by atoms with E-state index in [2.05, 4.69) is 15.1 Å². The summed E-state index contributed by atoms with van der Waals surface area (Å²) in [6.45, 7) is -0.365. The summed E-state index contributed by atoms with van der Waals surface area (Å²) in [5, 5.41) is 4.11. The minimum atomic E-state index is -4.71. The summed E-state index contributed by atoms with van der Waals surface area (Å²) in [5.74, 6) is 0.165. The van der Waals surface area contributed by atoms with Gasteiger partial charge in [-0.1, -0.05) is 28.9 Å². The molecule has 8 nitrogen and oxygen atoms in total. The Morgan fingerprint density at radius 3 is 2.60 bits per heavy atom. The van der Waals surface area contributed by atoms with Crippen molar-refractivity contribution in [2.24, 2.45) is 7.05 Å². The Kier molecular flexibility index (Phi) is 4.69. The van der Waals surface area contributed by atoms with Crippen LogP contribution in [0.2, 0.25) is 5.02 Å². The molecule has 0 atom stereocenters. The van der Waals surface area contributed by atoms with Gasteiger partial charge in [0.1, 0.15) is 17.9 Å². The summed E-state index contributed by atoms with van der Waals surface area (Å²) < 4.78 is 45.5. The third-order valence-corrected chi connectivity index (χ3v) is 4.56. The minimum Gasteiger partial charge on any atom is -0.337 e. The maximum absolute atomic E-state index is 12.9. The molecule has 30 heavy (non-hydrogen) atoms. The van der Waals surface area contributed by atoms with Gasteiger partial charge in [0.25, 0.3) is 5.56 Å². The molecule has 0 radical (unpaired) electrons. The third-order valence-electron chi connectivity index (χ3n) is 4.32. The van der Waals surface area contributed by atoms with Gasteiger partial charge in [0.2, 0.25) is 11.7 Å². The Hall–Kier alpha value is -3.47. The largest absolute Gasteiger partial charge is 0.433 e. The van der Waals surface area contributed by atoms with E-state index in [0.717, 1.165) is 15.2 Å². The van der Waals surface area contributed by atoms with Crippen molar-refractivity contribution in [1.29, 1.82) is 0 Å². The second-order valence-corrected chi connectivity index (χ2v) is 6.76. The van der Waals surface area contributed by atoms with E-state index in [1.807, 2.05) is 0 Å². The van der Waals surface area contributed by atoms with Gasteiger partial charge in [-0.05, 0) is 24.3 Å². The highest BCUT2D eigenvalue weighted by molar-refractivity contribution is 6.30. The van der Waals surface area contributed by atoms with Gasteiger partial charge in [0, 0.05) is 17.6 Å². The van der Waals surface area contributed by atoms with Crippen LogP contribution in [-0.2, 0) is 19.8 Å². The molecule has 3 heterocycles. The highest BCUT2D eigenvalue weighted by Crippen LogP contribution is 2.28. The van der Waals surface area contributed by atoms with E-state index in [1.165, 1.54) is 7.05 Å². The zero-order valence-electron chi connectivity index (χ0n) is 15.1. The molecule has 0 amide bonds. The molecule has 0 aliphatic rings. The van der Waals surface area contributed by atoms with Gasteiger partial charge in [-0.3, -0.25) is 13.9 Å². The average molecular weight is 438 g/mol. The van der Waals surface area contributed by atoms with Crippen molar-refractivity contribution in [2.45, 2.75) is 12.7 Å². The zero-order chi connectivity index (χ0) is 21.6. The van der Waals surface area contributed by atoms with Crippen LogP contribution in [-0.4, -0.2) is 24.3 Å². The van der Waals surface area contributed by atoms with Gasteiger partial charge in [0.15, 0.2) is 0 Å². The van der Waals surface area contributed by atoms with Crippen molar-refractivity contribution >= 4 is 22.6 Å². The molecule has 3 aromatic heterocycles. The monoisotopic (exact) mass is 437 g/mol. The van der Waals surface area contributed by atoms with Crippen LogP contribution < -0.4 is 11.2 Å². The SMILES string of the molecule is Cn1c(=O)n(Cc2nc(-c3cccc(Cl)c3)no2)c(=O)c2ccc(C(F)(F)F)nc21. The van der Waals surface area contributed by atoms with E-state index in [-0.39, 0.29) is 29.3 Å². The van der Waals surface area contributed by atoms with Crippen LogP contribution in [0.3, 0.4) is 0 Å². The number of hydrogen-bond donors (Lipinski definition) is 0. The van der Waals surface area contributed by atoms with Crippen molar-refractivity contribution in [2.75, 3.05) is 0 Å². The number of aryl methyl sites for hydroxylation is 1. The predicted octanol–water partition coefficient (Wildman–Crippen LogP) is 2.87. The molecule has 4 rings (SSSR count). The van der Waals surface area contributed by atoms with Crippen LogP contribution in [0.4, 0.5) is 13.2 Å². The number of alkyl halides is 3. The van der Waals surface area contributed by atoms with Crippen LogP contribution >= 0.6 is 11.6 Å². The molecular formula is C18H11ClF3N5O3. The van der Waals surface area contributed by atoms with Crippen molar-refractivity contribution in [3.63, 3.8) is 0 Å². The van der Waals surface area contributed by atoms with Gasteiger partial charge in [-0.25, -0.2) is 9.78 Å². The van der Waals surface area contributed by atoms with Crippen molar-refractivity contribution < 1.29 is 17.7 Å². The van der Waals surface area contributed by atoms with E-state index in [1.54, 1.807) is 24.3 Å². The topological polar surface area (TPSA) is 95.8 Å². The zero-order valence-corrected chi connectivity index (χ0v) is 15.9. The standard InChI is InChI=1S/C18H11ClF3N5O3/c1-26-15-11(5-6-12(23-15)18(20,21)22)16(28)27(17(26)29)8-13-24-14(25-30-13)9-3-2-4-10(19)7-9/h2-7H,8H2,1H3. The predicted molar refractivity (Wildman–Crippen MR) is 100 cm³/mol. The molecule has 0 N–H and O–H groups in total. The maximum Gasteiger partial charge on any atom is 0.433 e. The third kappa shape index (κ3) is 3.47. The minimum absolute atomic E-state index is 0.0385. The lowest BCUT2D eigenvalue weighted by molar-refractivity contribution is -0.141. The summed E-state index contributed by atoms with van der Waals surface area (Å²) in [7, 11) is 1.22. The number of aromatic nitrogens is 5. The van der Waals surface area contributed by atoms with E-state index >= 15 is 0 Å². The van der Waals surface area contributed by atoms with Gasteiger partial charge in [-0.2, -0.15) is 18.2 Å². The second-order valence-electron chi connectivity index (χ2n) is 6.32. The first-order valence-electron chi connectivity index (χ1n) is 8.41. The van der Waals surface area contributed by atoms with Crippen LogP contribution in [0.15, 0.2) is 50.5 Å². The molecule has 12 heteroatoms. The summed E-state index contributed by atoms with van der Waals surface area (Å²) >= 11 is 5.93. The first-order chi connectivity index (χ1) is 14.1. The van der Waals surface area contributed by atoms with E-state index in [4.69, 9.17) is 16.1 Å². The number of rotatable bonds is 3. The Morgan fingerprint density at radius 2 is 1.90 bits per heavy atom. The van der Waals surface area contributed by atoms with Crippen molar-refractivity contribution in [3.8, 4) is 11.4 Å². The number of pyridine rings is 1. The lowest BCUT2D eigenvalue weighted by Crippen LogP contribution is -2.39. The summed E-state index contributed by atoms with van der Waals surface area (Å²) in [6, 6.07) is 8.34. The van der Waals surface area contributed by atoms with E-state index in [9.17, 15) is 22.8 Å². The summed E-state index contributed by atoms with van der Waals surface area (Å²) in [6.07, 6.45) is -4.71. The molecule has 0 fully saturated rings. The molecule has 0 bridgehead atoms. The first-order valence-corrected chi connectivity index (χ1v) is 8.79. The Bertz CT molecular complexity index is 1390. The van der Waals surface area contributed by atoms with Gasteiger partial charge in [-0.15, -0.1) is 0 Å². The van der Waals surface area contributed by atoms with E-state index in [0.29, 0.717) is 16.7 Å². The van der Waals surface area contributed by atoms with Gasteiger partial charge in [0.05, 0.1) is 5.39 Å². The quantitative estimate of drug-likeness (QED) is 0.489. The molecule has 0 aliphatic carbocycles. The fourth-order valence-electron chi connectivity index (χ4n) is 2.87. The maximum atomic E-state index is 12.9. The molecule has 154 valence electrons. The average Bonchev–Trinajstić information content (AvgIpc) is 3.17. The smallest absolute Gasteiger partial charge is 0.337 e. The summed E-state index contributed by atoms with van der Waals surface area (Å²) in [5.41, 5.74) is -2.70. The highest BCUT2D eigenvalue weighted by Gasteiger charge is 2.33. The fourth-order valence-corrected chi connectivity index (χ4v) is 3.06. The molecule has 4 aromatic rings. The van der Waals surface area contributed by atoms with Gasteiger partial charge < -0.3 is 4.52 Å². The second kappa shape index (κ2) is 7.10. The Morgan fingerprint density at radius 1 is 1.13 bits per heavy atom. The van der Waals surface area contributed by atoms with Crippen LogP contribution in [0.1, 0.15) is 11.6 Å². The molecule has 0 spiro atoms. The Labute approximate surface area is 170 Å². The summed E-state index contributed by atoms with van der Waals surface area (Å²) in [4.78, 5) is 32.9. The number of hydrogen-bond acceptors (Lipinski definition) is 6. The number of nitrogens with zero attached hydrogens (tertiary/aromatic N) is 5. The van der Waals surface area contributed by atoms with Crippen LogP contribution in [0, 0.1) is 0 Å². The number of halogens is 4. The van der Waals surface area contributed by atoms with Crippen molar-refractivity contribution in [3.05, 3.63) is 73.8 Å². The van der Waals surface area contributed by atoms with Gasteiger partial charge >= 0.3 is 11.9 Å². The molecule has 0 saturated carbocycles.